The van der Waals surface area contributed by atoms with Gasteiger partial charge in [-0.15, -0.1) is 0 Å². The molecule has 1 aliphatic heterocycles. The van der Waals surface area contributed by atoms with Crippen molar-refractivity contribution in [2.75, 3.05) is 16.6 Å². The minimum Gasteiger partial charge on any atom is -0.449 e. The maximum Gasteiger partial charge on any atom is 0.340 e. The zero-order valence-corrected chi connectivity index (χ0v) is 24.4. The van der Waals surface area contributed by atoms with E-state index in [4.69, 9.17) is 9.72 Å². The summed E-state index contributed by atoms with van der Waals surface area (Å²) in [5, 5.41) is 3.41. The van der Waals surface area contributed by atoms with Crippen molar-refractivity contribution in [3.05, 3.63) is 83.8 Å². The number of fused-ring (bicyclic) bond motifs is 2. The van der Waals surface area contributed by atoms with Gasteiger partial charge in [-0.1, -0.05) is 25.1 Å². The summed E-state index contributed by atoms with van der Waals surface area (Å²) in [6.07, 6.45) is 2.74. The predicted molar refractivity (Wildman–Crippen MR) is 158 cm³/mol. The number of rotatable bonds is 9. The minimum atomic E-state index is -3.93. The lowest BCUT2D eigenvalue weighted by atomic mass is 9.95. The van der Waals surface area contributed by atoms with Gasteiger partial charge in [0.2, 0.25) is 5.95 Å². The molecule has 2 N–H and O–H groups in total. The van der Waals surface area contributed by atoms with Crippen LogP contribution >= 0.6 is 0 Å². The lowest BCUT2D eigenvalue weighted by Crippen LogP contribution is -2.38. The van der Waals surface area contributed by atoms with Gasteiger partial charge in [0.1, 0.15) is 0 Å². The molecule has 0 fully saturated rings. The number of carbonyl (C=O) groups excluding carboxylic acids is 2. The number of hydrogen-bond donors (Lipinski definition) is 2. The summed E-state index contributed by atoms with van der Waals surface area (Å²) in [6.45, 7) is 7.40. The van der Waals surface area contributed by atoms with Crippen LogP contribution < -0.4 is 10.0 Å². The Hall–Kier alpha value is -4.42. The molecule has 218 valence electrons. The maximum absolute atomic E-state index is 13.7. The molecule has 0 saturated heterocycles. The second-order valence-corrected chi connectivity index (χ2v) is 11.9. The first kappa shape index (κ1) is 29.1. The van der Waals surface area contributed by atoms with Gasteiger partial charge in [0.25, 0.3) is 15.9 Å². The molecular weight excluding hydrogens is 556 g/mol. The molecule has 11 nitrogen and oxygen atoms in total. The fourth-order valence-electron chi connectivity index (χ4n) is 4.87. The Kier molecular flexibility index (Phi) is 8.46. The second-order valence-electron chi connectivity index (χ2n) is 10.2. The van der Waals surface area contributed by atoms with Crippen molar-refractivity contribution in [1.29, 1.82) is 0 Å². The Labute approximate surface area is 244 Å². The number of carbonyl (C=O) groups is 2. The molecule has 2 aromatic heterocycles. The lowest BCUT2D eigenvalue weighted by molar-refractivity contribution is -0.124. The van der Waals surface area contributed by atoms with Gasteiger partial charge in [0.05, 0.1) is 16.0 Å². The van der Waals surface area contributed by atoms with Crippen LogP contribution in [0, 0.1) is 0 Å². The van der Waals surface area contributed by atoms with Gasteiger partial charge in [-0.05, 0) is 56.7 Å². The van der Waals surface area contributed by atoms with E-state index in [0.29, 0.717) is 34.7 Å². The molecule has 3 heterocycles. The number of nitrogens with one attached hydrogen (secondary N) is 2. The van der Waals surface area contributed by atoms with Crippen molar-refractivity contribution in [1.82, 2.24) is 19.9 Å². The average Bonchev–Trinajstić information content (AvgIpc) is 2.98. The third kappa shape index (κ3) is 6.24. The molecule has 42 heavy (non-hydrogen) atoms. The number of anilines is 2. The average molecular weight is 589 g/mol. The van der Waals surface area contributed by atoms with Crippen LogP contribution in [0.5, 0.6) is 0 Å². The summed E-state index contributed by atoms with van der Waals surface area (Å²) in [6, 6.07) is 14.9. The monoisotopic (exact) mass is 588 g/mol. The summed E-state index contributed by atoms with van der Waals surface area (Å²) in [5.41, 5.74) is 3.21. The molecule has 0 radical (unpaired) electrons. The zero-order chi connectivity index (χ0) is 29.9. The van der Waals surface area contributed by atoms with Crippen molar-refractivity contribution in [2.45, 2.75) is 57.2 Å². The van der Waals surface area contributed by atoms with Crippen LogP contribution in [0.15, 0.2) is 71.9 Å². The molecule has 0 saturated carbocycles. The van der Waals surface area contributed by atoms with E-state index < -0.39 is 28.0 Å². The SMILES string of the molecule is CCC(OC(=O)c1c2c(nc3ccccc13)CCN(C(C)C)C2)C(=O)Nc1ccc(S(=O)(=O)Nc2ncccn2)cc1. The molecule has 12 heteroatoms. The van der Waals surface area contributed by atoms with Crippen molar-refractivity contribution in [2.24, 2.45) is 0 Å². The maximum atomic E-state index is 13.7. The van der Waals surface area contributed by atoms with Gasteiger partial charge in [0, 0.05) is 60.3 Å². The van der Waals surface area contributed by atoms with Crippen molar-refractivity contribution < 1.29 is 22.7 Å². The van der Waals surface area contributed by atoms with Crippen molar-refractivity contribution in [3.63, 3.8) is 0 Å². The molecule has 1 amide bonds. The summed E-state index contributed by atoms with van der Waals surface area (Å²) < 4.78 is 33.4. The van der Waals surface area contributed by atoms with Crippen LogP contribution in [0.2, 0.25) is 0 Å². The largest absolute Gasteiger partial charge is 0.449 e. The normalized spacial score (nSPS) is 14.3. The number of para-hydroxylation sites is 1. The number of ether oxygens (including phenoxy) is 1. The first-order chi connectivity index (χ1) is 20.2. The standard InChI is InChI=1S/C30H32N6O5S/c1-4-26(28(37)33-20-10-12-21(13-11-20)42(39,40)35-30-31-15-7-16-32-30)41-29(38)27-22-8-5-6-9-24(22)34-25-14-17-36(19(2)3)18-23(25)27/h5-13,15-16,19,26H,4,14,17-18H2,1-3H3,(H,33,37)(H,31,32,35). The highest BCUT2D eigenvalue weighted by Crippen LogP contribution is 2.30. The summed E-state index contributed by atoms with van der Waals surface area (Å²) in [5.74, 6) is -1.15. The first-order valence-corrected chi connectivity index (χ1v) is 15.2. The third-order valence-corrected chi connectivity index (χ3v) is 8.49. The van der Waals surface area contributed by atoms with Crippen LogP contribution in [0.25, 0.3) is 10.9 Å². The van der Waals surface area contributed by atoms with Crippen molar-refractivity contribution >= 4 is 44.4 Å². The van der Waals surface area contributed by atoms with Crippen LogP contribution in [0.3, 0.4) is 0 Å². The van der Waals surface area contributed by atoms with Gasteiger partial charge in [0.15, 0.2) is 6.10 Å². The van der Waals surface area contributed by atoms with E-state index in [2.05, 4.69) is 38.8 Å². The molecule has 0 bridgehead atoms. The van der Waals surface area contributed by atoms with Crippen molar-refractivity contribution in [3.8, 4) is 0 Å². The van der Waals surface area contributed by atoms with E-state index in [1.54, 1.807) is 13.0 Å². The lowest BCUT2D eigenvalue weighted by Gasteiger charge is -2.32. The fourth-order valence-corrected chi connectivity index (χ4v) is 5.82. The number of sulfonamides is 1. The highest BCUT2D eigenvalue weighted by molar-refractivity contribution is 7.92. The zero-order valence-electron chi connectivity index (χ0n) is 23.6. The minimum absolute atomic E-state index is 0.0313. The Morgan fingerprint density at radius 2 is 1.74 bits per heavy atom. The molecule has 0 aliphatic carbocycles. The smallest absolute Gasteiger partial charge is 0.340 e. The number of aromatic nitrogens is 3. The quantitative estimate of drug-likeness (QED) is 0.275. The molecule has 1 unspecified atom stereocenters. The van der Waals surface area contributed by atoms with E-state index in [-0.39, 0.29) is 17.3 Å². The molecule has 0 spiro atoms. The Morgan fingerprint density at radius 3 is 2.43 bits per heavy atom. The molecule has 4 aromatic rings. The van der Waals surface area contributed by atoms with E-state index in [1.807, 2.05) is 24.3 Å². The van der Waals surface area contributed by atoms with Gasteiger partial charge in [-0.2, -0.15) is 0 Å². The number of amides is 1. The number of benzene rings is 2. The summed E-state index contributed by atoms with van der Waals surface area (Å²) >= 11 is 0. The molecule has 1 atom stereocenters. The summed E-state index contributed by atoms with van der Waals surface area (Å²) in [4.78, 5) is 41.7. The number of nitrogens with zero attached hydrogens (tertiary/aromatic N) is 4. The molecular formula is C30H32N6O5S. The topological polar surface area (TPSA) is 143 Å². The van der Waals surface area contributed by atoms with Crippen LogP contribution in [-0.4, -0.2) is 58.8 Å². The molecule has 5 rings (SSSR count). The highest BCUT2D eigenvalue weighted by atomic mass is 32.2. The van der Waals surface area contributed by atoms with Gasteiger partial charge in [-0.25, -0.2) is 27.9 Å². The Morgan fingerprint density at radius 1 is 1.02 bits per heavy atom. The fraction of sp³-hybridized carbons (Fsp3) is 0.300. The Bertz CT molecular complexity index is 1710. The van der Waals surface area contributed by atoms with E-state index in [1.165, 1.54) is 36.7 Å². The van der Waals surface area contributed by atoms with E-state index in [0.717, 1.165) is 24.2 Å². The van der Waals surface area contributed by atoms with E-state index >= 15 is 0 Å². The number of esters is 1. The number of pyridine rings is 1. The first-order valence-electron chi connectivity index (χ1n) is 13.7. The third-order valence-electron chi connectivity index (χ3n) is 7.15. The van der Waals surface area contributed by atoms with Gasteiger partial charge in [-0.3, -0.25) is 14.7 Å². The van der Waals surface area contributed by atoms with Crippen LogP contribution in [0.1, 0.15) is 48.8 Å². The molecule has 2 aromatic carbocycles. The van der Waals surface area contributed by atoms with Crippen LogP contribution in [-0.2, 0) is 32.5 Å². The number of hydrogen-bond acceptors (Lipinski definition) is 9. The van der Waals surface area contributed by atoms with Gasteiger partial charge >= 0.3 is 5.97 Å². The highest BCUT2D eigenvalue weighted by Gasteiger charge is 2.30. The van der Waals surface area contributed by atoms with Crippen LogP contribution in [0.4, 0.5) is 11.6 Å². The predicted octanol–water partition coefficient (Wildman–Crippen LogP) is 4.17. The summed E-state index contributed by atoms with van der Waals surface area (Å²) in [7, 11) is -3.93. The Balaban J connectivity index is 1.33. The van der Waals surface area contributed by atoms with Gasteiger partial charge < -0.3 is 10.1 Å². The second kappa shape index (κ2) is 12.2. The van der Waals surface area contributed by atoms with E-state index in [9.17, 15) is 18.0 Å². The molecule has 1 aliphatic rings.